The van der Waals surface area contributed by atoms with Gasteiger partial charge in [0.05, 0.1) is 4.47 Å². The van der Waals surface area contributed by atoms with Crippen molar-refractivity contribution in [2.75, 3.05) is 0 Å². The molecule has 0 amide bonds. The first-order valence-electron chi connectivity index (χ1n) is 5.23. The van der Waals surface area contributed by atoms with E-state index in [0.717, 1.165) is 0 Å². The van der Waals surface area contributed by atoms with Gasteiger partial charge in [-0.05, 0) is 39.7 Å². The van der Waals surface area contributed by atoms with E-state index in [9.17, 15) is 8.78 Å². The van der Waals surface area contributed by atoms with Gasteiger partial charge in [-0.25, -0.2) is 8.78 Å². The molecule has 5 heteroatoms. The number of nitrogens with two attached hydrogens (primary N) is 1. The van der Waals surface area contributed by atoms with Gasteiger partial charge in [-0.15, -0.1) is 0 Å². The van der Waals surface area contributed by atoms with Crippen molar-refractivity contribution in [3.8, 4) is 11.5 Å². The van der Waals surface area contributed by atoms with E-state index in [1.807, 2.05) is 0 Å². The van der Waals surface area contributed by atoms with Crippen molar-refractivity contribution in [3.63, 3.8) is 0 Å². The minimum absolute atomic E-state index is 0.0243. The van der Waals surface area contributed by atoms with Crippen LogP contribution >= 0.6 is 15.9 Å². The maximum Gasteiger partial charge on any atom is 0.180 e. The first-order chi connectivity index (χ1) is 8.63. The first-order valence-corrected chi connectivity index (χ1v) is 6.02. The van der Waals surface area contributed by atoms with E-state index in [-0.39, 0.29) is 22.5 Å². The predicted octanol–water partition coefficient (Wildman–Crippen LogP) is 3.98. The third-order valence-electron chi connectivity index (χ3n) is 2.40. The Morgan fingerprint density at radius 3 is 2.44 bits per heavy atom. The molecule has 0 atom stereocenters. The highest BCUT2D eigenvalue weighted by molar-refractivity contribution is 9.10. The molecule has 18 heavy (non-hydrogen) atoms. The molecule has 0 saturated carbocycles. The monoisotopic (exact) mass is 313 g/mol. The molecule has 0 aliphatic rings. The summed E-state index contributed by atoms with van der Waals surface area (Å²) in [6, 6.07) is 8.87. The van der Waals surface area contributed by atoms with Gasteiger partial charge < -0.3 is 10.5 Å². The molecule has 2 N–H and O–H groups in total. The Morgan fingerprint density at radius 2 is 1.78 bits per heavy atom. The van der Waals surface area contributed by atoms with Gasteiger partial charge in [0.15, 0.2) is 23.1 Å². The Morgan fingerprint density at radius 1 is 1.06 bits per heavy atom. The second kappa shape index (κ2) is 5.46. The quantitative estimate of drug-likeness (QED) is 0.930. The molecule has 0 unspecified atom stereocenters. The summed E-state index contributed by atoms with van der Waals surface area (Å²) in [5.74, 6) is -1.22. The summed E-state index contributed by atoms with van der Waals surface area (Å²) >= 11 is 3.09. The van der Waals surface area contributed by atoms with Crippen molar-refractivity contribution in [2.45, 2.75) is 6.54 Å². The summed E-state index contributed by atoms with van der Waals surface area (Å²) in [5.41, 5.74) is 6.07. The largest absolute Gasteiger partial charge is 0.451 e. The maximum absolute atomic E-state index is 13.9. The average molecular weight is 314 g/mol. The fourth-order valence-corrected chi connectivity index (χ4v) is 1.94. The molecule has 0 fully saturated rings. The lowest BCUT2D eigenvalue weighted by molar-refractivity contribution is 0.413. The minimum Gasteiger partial charge on any atom is -0.451 e. The summed E-state index contributed by atoms with van der Waals surface area (Å²) in [4.78, 5) is 0. The van der Waals surface area contributed by atoms with E-state index in [0.29, 0.717) is 5.56 Å². The summed E-state index contributed by atoms with van der Waals surface area (Å²) in [5, 5.41) is 0. The van der Waals surface area contributed by atoms with E-state index in [1.165, 1.54) is 24.3 Å². The van der Waals surface area contributed by atoms with Gasteiger partial charge in [0.25, 0.3) is 0 Å². The molecule has 0 bridgehead atoms. The number of halogens is 3. The van der Waals surface area contributed by atoms with Crippen LogP contribution in [0, 0.1) is 11.6 Å². The van der Waals surface area contributed by atoms with E-state index >= 15 is 0 Å². The fourth-order valence-electron chi connectivity index (χ4n) is 1.45. The van der Waals surface area contributed by atoms with Crippen molar-refractivity contribution in [1.82, 2.24) is 0 Å². The van der Waals surface area contributed by atoms with Crippen LogP contribution in [0.3, 0.4) is 0 Å². The second-order valence-corrected chi connectivity index (χ2v) is 4.38. The van der Waals surface area contributed by atoms with E-state index in [1.54, 1.807) is 12.1 Å². The molecule has 2 aromatic carbocycles. The standard InChI is InChI=1S/C13H10BrF2NO/c14-12-8(7-17)5-6-11(13(12)16)18-10-4-2-1-3-9(10)15/h1-6H,7,17H2. The zero-order valence-electron chi connectivity index (χ0n) is 9.29. The first kappa shape index (κ1) is 13.0. The van der Waals surface area contributed by atoms with Gasteiger partial charge >= 0.3 is 0 Å². The number of para-hydroxylation sites is 1. The lowest BCUT2D eigenvalue weighted by atomic mass is 10.2. The van der Waals surface area contributed by atoms with E-state index in [4.69, 9.17) is 10.5 Å². The van der Waals surface area contributed by atoms with Crippen molar-refractivity contribution >= 4 is 15.9 Å². The third kappa shape index (κ3) is 2.52. The van der Waals surface area contributed by atoms with Gasteiger partial charge in [0, 0.05) is 6.54 Å². The molecule has 0 aliphatic heterocycles. The maximum atomic E-state index is 13.9. The third-order valence-corrected chi connectivity index (χ3v) is 3.26. The Kier molecular flexibility index (Phi) is 3.93. The molecule has 2 nitrogen and oxygen atoms in total. The highest BCUT2D eigenvalue weighted by Crippen LogP contribution is 2.32. The molecule has 0 spiro atoms. The smallest absolute Gasteiger partial charge is 0.180 e. The number of rotatable bonds is 3. The van der Waals surface area contributed by atoms with Gasteiger partial charge in [-0.1, -0.05) is 18.2 Å². The number of hydrogen-bond acceptors (Lipinski definition) is 2. The average Bonchev–Trinajstić information content (AvgIpc) is 2.38. The Hall–Kier alpha value is -1.46. The van der Waals surface area contributed by atoms with E-state index in [2.05, 4.69) is 15.9 Å². The molecule has 94 valence electrons. The topological polar surface area (TPSA) is 35.2 Å². The SMILES string of the molecule is NCc1ccc(Oc2ccccc2F)c(F)c1Br. The summed E-state index contributed by atoms with van der Waals surface area (Å²) in [6.07, 6.45) is 0. The molecular weight excluding hydrogens is 304 g/mol. The molecule has 2 aromatic rings. The van der Waals surface area contributed by atoms with Crippen LogP contribution in [0.1, 0.15) is 5.56 Å². The normalized spacial score (nSPS) is 10.4. The zero-order chi connectivity index (χ0) is 13.1. The Bertz CT molecular complexity index is 575. The molecule has 0 radical (unpaired) electrons. The van der Waals surface area contributed by atoms with Crippen LogP contribution in [-0.4, -0.2) is 0 Å². The van der Waals surface area contributed by atoms with E-state index < -0.39 is 11.6 Å². The van der Waals surface area contributed by atoms with Crippen molar-refractivity contribution < 1.29 is 13.5 Å². The summed E-state index contributed by atoms with van der Waals surface area (Å²) in [6.45, 7) is 0.206. The van der Waals surface area contributed by atoms with Crippen molar-refractivity contribution in [1.29, 1.82) is 0 Å². The lowest BCUT2D eigenvalue weighted by Crippen LogP contribution is -2.00. The van der Waals surface area contributed by atoms with Gasteiger partial charge in [-0.3, -0.25) is 0 Å². The van der Waals surface area contributed by atoms with Crippen LogP contribution in [0.25, 0.3) is 0 Å². The molecular formula is C13H10BrF2NO. The summed E-state index contributed by atoms with van der Waals surface area (Å²) < 4.78 is 32.7. The van der Waals surface area contributed by atoms with Crippen LogP contribution in [0.4, 0.5) is 8.78 Å². The van der Waals surface area contributed by atoms with Crippen LogP contribution in [0.2, 0.25) is 0 Å². The summed E-state index contributed by atoms with van der Waals surface area (Å²) in [7, 11) is 0. The number of ether oxygens (including phenoxy) is 1. The highest BCUT2D eigenvalue weighted by Gasteiger charge is 2.13. The van der Waals surface area contributed by atoms with Gasteiger partial charge in [-0.2, -0.15) is 0 Å². The van der Waals surface area contributed by atoms with Crippen LogP contribution in [0.5, 0.6) is 11.5 Å². The van der Waals surface area contributed by atoms with Crippen molar-refractivity contribution in [2.24, 2.45) is 5.73 Å². The molecule has 0 aliphatic carbocycles. The van der Waals surface area contributed by atoms with Crippen LogP contribution < -0.4 is 10.5 Å². The molecule has 0 aromatic heterocycles. The van der Waals surface area contributed by atoms with Gasteiger partial charge in [0.2, 0.25) is 0 Å². The number of benzene rings is 2. The predicted molar refractivity (Wildman–Crippen MR) is 68.5 cm³/mol. The Labute approximate surface area is 112 Å². The Balaban J connectivity index is 2.36. The minimum atomic E-state index is -0.596. The van der Waals surface area contributed by atoms with Gasteiger partial charge in [0.1, 0.15) is 0 Å². The number of hydrogen-bond donors (Lipinski definition) is 1. The molecule has 0 heterocycles. The molecule has 2 rings (SSSR count). The lowest BCUT2D eigenvalue weighted by Gasteiger charge is -2.10. The van der Waals surface area contributed by atoms with Crippen LogP contribution in [-0.2, 0) is 6.54 Å². The van der Waals surface area contributed by atoms with Crippen molar-refractivity contribution in [3.05, 3.63) is 58.1 Å². The highest BCUT2D eigenvalue weighted by atomic mass is 79.9. The zero-order valence-corrected chi connectivity index (χ0v) is 10.9. The fraction of sp³-hybridized carbons (Fsp3) is 0.0769. The second-order valence-electron chi connectivity index (χ2n) is 3.59. The molecule has 0 saturated heterocycles. The van der Waals surface area contributed by atoms with Crippen LogP contribution in [0.15, 0.2) is 40.9 Å².